The van der Waals surface area contributed by atoms with Gasteiger partial charge in [-0.05, 0) is 49.9 Å². The Morgan fingerprint density at radius 1 is 1.17 bits per heavy atom. The Kier molecular flexibility index (Phi) is 3.31. The fourth-order valence-electron chi connectivity index (χ4n) is 3.48. The van der Waals surface area contributed by atoms with Gasteiger partial charge in [0.05, 0.1) is 16.1 Å². The molecule has 2 fully saturated rings. The summed E-state index contributed by atoms with van der Waals surface area (Å²) in [5, 5.41) is 11.3. The fraction of sp³-hybridized carbons (Fsp3) is 0.571. The third-order valence-corrected chi connectivity index (χ3v) is 5.29. The predicted octanol–water partition coefficient (Wildman–Crippen LogP) is 3.30. The fourth-order valence-corrected chi connectivity index (χ4v) is 3.79. The van der Waals surface area contributed by atoms with Crippen LogP contribution < -0.4 is 0 Å². The summed E-state index contributed by atoms with van der Waals surface area (Å²) in [5.74, 6) is 0.489. The van der Waals surface area contributed by atoms with Crippen LogP contribution in [0.15, 0.2) is 18.2 Å². The van der Waals surface area contributed by atoms with Crippen LogP contribution in [-0.2, 0) is 0 Å². The lowest BCUT2D eigenvalue weighted by molar-refractivity contribution is 0.0949. The van der Waals surface area contributed by atoms with Crippen molar-refractivity contribution in [3.05, 3.63) is 33.8 Å². The van der Waals surface area contributed by atoms with E-state index in [1.54, 1.807) is 0 Å². The molecule has 0 saturated carbocycles. The van der Waals surface area contributed by atoms with Crippen molar-refractivity contribution in [1.29, 1.82) is 0 Å². The predicted molar refractivity (Wildman–Crippen MR) is 74.4 cm³/mol. The molecule has 1 aromatic rings. The van der Waals surface area contributed by atoms with Gasteiger partial charge in [0.1, 0.15) is 0 Å². The average molecular weight is 286 g/mol. The number of likely N-dealkylation sites (N-methyl/N-ethyl adjacent to an activating group) is 1. The molecule has 2 nitrogen and oxygen atoms in total. The first-order valence-electron chi connectivity index (χ1n) is 6.41. The molecule has 4 heteroatoms. The molecule has 0 aromatic heterocycles. The standard InChI is InChI=1S/C14H17Cl2NO/c1-17-10-4-9(6-13(17)14(18)7-10)8-2-3-11(15)12(16)5-8/h2-3,5,9-10,13-14,18H,4,6-7H2,1H3/t9-,10+,13+,14+/m0/s1. The van der Waals surface area contributed by atoms with E-state index < -0.39 is 0 Å². The van der Waals surface area contributed by atoms with Crippen molar-refractivity contribution >= 4 is 23.2 Å². The lowest BCUT2D eigenvalue weighted by atomic mass is 9.85. The smallest absolute Gasteiger partial charge is 0.0710 e. The quantitative estimate of drug-likeness (QED) is 0.856. The lowest BCUT2D eigenvalue weighted by Gasteiger charge is -2.36. The van der Waals surface area contributed by atoms with E-state index >= 15 is 0 Å². The second-order valence-corrected chi connectivity index (χ2v) is 6.35. The van der Waals surface area contributed by atoms with E-state index in [4.69, 9.17) is 23.2 Å². The molecule has 2 aliphatic rings. The highest BCUT2D eigenvalue weighted by atomic mass is 35.5. The van der Waals surface area contributed by atoms with Gasteiger partial charge in [0.25, 0.3) is 0 Å². The summed E-state index contributed by atoms with van der Waals surface area (Å²) in [7, 11) is 2.12. The lowest BCUT2D eigenvalue weighted by Crippen LogP contribution is -2.41. The maximum atomic E-state index is 10.0. The minimum atomic E-state index is -0.173. The van der Waals surface area contributed by atoms with Gasteiger partial charge < -0.3 is 5.11 Å². The van der Waals surface area contributed by atoms with Crippen molar-refractivity contribution in [3.8, 4) is 0 Å². The number of nitrogens with zero attached hydrogens (tertiary/aromatic N) is 1. The Balaban J connectivity index is 1.84. The topological polar surface area (TPSA) is 23.5 Å². The Morgan fingerprint density at radius 2 is 1.94 bits per heavy atom. The molecular formula is C14H17Cl2NO. The molecule has 2 heterocycles. The minimum absolute atomic E-state index is 0.173. The molecule has 0 aliphatic carbocycles. The highest BCUT2D eigenvalue weighted by molar-refractivity contribution is 6.42. The summed E-state index contributed by atoms with van der Waals surface area (Å²) in [5.41, 5.74) is 1.25. The van der Waals surface area contributed by atoms with E-state index in [2.05, 4.69) is 18.0 Å². The zero-order chi connectivity index (χ0) is 12.9. The van der Waals surface area contributed by atoms with Crippen LogP contribution in [0.3, 0.4) is 0 Å². The highest BCUT2D eigenvalue weighted by Crippen LogP contribution is 2.43. The molecule has 4 atom stereocenters. The molecular weight excluding hydrogens is 269 g/mol. The molecule has 98 valence electrons. The van der Waals surface area contributed by atoms with Crippen molar-refractivity contribution < 1.29 is 5.11 Å². The highest BCUT2D eigenvalue weighted by Gasteiger charge is 2.44. The summed E-state index contributed by atoms with van der Waals surface area (Å²) in [6.07, 6.45) is 2.83. The second kappa shape index (κ2) is 4.68. The van der Waals surface area contributed by atoms with Crippen molar-refractivity contribution in [2.75, 3.05) is 7.05 Å². The molecule has 0 spiro atoms. The molecule has 3 rings (SSSR count). The number of hydrogen-bond acceptors (Lipinski definition) is 2. The summed E-state index contributed by atoms with van der Waals surface area (Å²) in [6, 6.07) is 6.71. The molecule has 1 aromatic carbocycles. The molecule has 0 radical (unpaired) electrons. The summed E-state index contributed by atoms with van der Waals surface area (Å²) in [4.78, 5) is 2.33. The molecule has 2 bridgehead atoms. The largest absolute Gasteiger partial charge is 0.391 e. The number of halogens is 2. The maximum absolute atomic E-state index is 10.0. The number of hydrogen-bond donors (Lipinski definition) is 1. The van der Waals surface area contributed by atoms with E-state index in [1.807, 2.05) is 12.1 Å². The number of piperidine rings is 1. The van der Waals surface area contributed by atoms with Gasteiger partial charge in [-0.3, -0.25) is 4.90 Å². The van der Waals surface area contributed by atoms with Gasteiger partial charge in [0, 0.05) is 12.1 Å². The summed E-state index contributed by atoms with van der Waals surface area (Å²) < 4.78 is 0. The summed E-state index contributed by atoms with van der Waals surface area (Å²) >= 11 is 12.0. The van der Waals surface area contributed by atoms with Gasteiger partial charge in [0.15, 0.2) is 0 Å². The molecule has 2 aliphatic heterocycles. The van der Waals surface area contributed by atoms with Crippen LogP contribution >= 0.6 is 23.2 Å². The number of aliphatic hydroxyl groups is 1. The van der Waals surface area contributed by atoms with E-state index in [-0.39, 0.29) is 6.10 Å². The van der Waals surface area contributed by atoms with Crippen LogP contribution in [0.1, 0.15) is 30.7 Å². The first-order valence-corrected chi connectivity index (χ1v) is 7.17. The van der Waals surface area contributed by atoms with Gasteiger partial charge in [-0.2, -0.15) is 0 Å². The van der Waals surface area contributed by atoms with Gasteiger partial charge in [-0.1, -0.05) is 29.3 Å². The zero-order valence-corrected chi connectivity index (χ0v) is 11.8. The number of fused-ring (bicyclic) bond motifs is 2. The third-order valence-electron chi connectivity index (χ3n) is 4.55. The van der Waals surface area contributed by atoms with Crippen LogP contribution in [0.2, 0.25) is 10.0 Å². The monoisotopic (exact) mass is 285 g/mol. The number of aliphatic hydroxyl groups excluding tert-OH is 1. The van der Waals surface area contributed by atoms with Gasteiger partial charge in [0.2, 0.25) is 0 Å². The summed E-state index contributed by atoms with van der Waals surface area (Å²) in [6.45, 7) is 0. The van der Waals surface area contributed by atoms with Crippen molar-refractivity contribution in [1.82, 2.24) is 4.90 Å². The Hall–Kier alpha value is -0.280. The molecule has 1 N–H and O–H groups in total. The van der Waals surface area contributed by atoms with Crippen LogP contribution in [0.5, 0.6) is 0 Å². The van der Waals surface area contributed by atoms with E-state index in [9.17, 15) is 5.11 Å². The first kappa shape index (κ1) is 12.7. The van der Waals surface area contributed by atoms with Crippen molar-refractivity contribution in [3.63, 3.8) is 0 Å². The van der Waals surface area contributed by atoms with E-state index in [0.717, 1.165) is 19.3 Å². The van der Waals surface area contributed by atoms with Crippen LogP contribution in [0.25, 0.3) is 0 Å². The minimum Gasteiger partial charge on any atom is -0.391 e. The second-order valence-electron chi connectivity index (χ2n) is 5.53. The van der Waals surface area contributed by atoms with Gasteiger partial charge >= 0.3 is 0 Å². The first-order chi connectivity index (χ1) is 8.56. The molecule has 2 saturated heterocycles. The normalized spacial score (nSPS) is 36.0. The van der Waals surface area contributed by atoms with Gasteiger partial charge in [-0.25, -0.2) is 0 Å². The molecule has 18 heavy (non-hydrogen) atoms. The van der Waals surface area contributed by atoms with Gasteiger partial charge in [-0.15, -0.1) is 0 Å². The molecule has 0 amide bonds. The third kappa shape index (κ3) is 2.05. The van der Waals surface area contributed by atoms with E-state index in [0.29, 0.717) is 28.0 Å². The van der Waals surface area contributed by atoms with Crippen LogP contribution in [0.4, 0.5) is 0 Å². The molecule has 0 unspecified atom stereocenters. The van der Waals surface area contributed by atoms with Crippen LogP contribution in [0, 0.1) is 0 Å². The maximum Gasteiger partial charge on any atom is 0.0710 e. The average Bonchev–Trinajstić information content (AvgIpc) is 2.51. The SMILES string of the molecule is CN1[C@@H]2C[C@H](c3ccc(Cl)c(Cl)c3)C[C@@H]1[C@H](O)C2. The Morgan fingerprint density at radius 3 is 2.61 bits per heavy atom. The number of rotatable bonds is 1. The van der Waals surface area contributed by atoms with E-state index in [1.165, 1.54) is 5.56 Å². The Bertz CT molecular complexity index is 465. The Labute approximate surface area is 117 Å². The number of benzene rings is 1. The zero-order valence-electron chi connectivity index (χ0n) is 10.3. The van der Waals surface area contributed by atoms with Crippen molar-refractivity contribution in [2.45, 2.75) is 43.4 Å². The van der Waals surface area contributed by atoms with Crippen molar-refractivity contribution in [2.24, 2.45) is 0 Å². The van der Waals surface area contributed by atoms with Crippen LogP contribution in [-0.4, -0.2) is 35.2 Å².